The van der Waals surface area contributed by atoms with Gasteiger partial charge in [-0.15, -0.1) is 0 Å². The number of carbonyl (C=O) groups excluding carboxylic acids is 1. The van der Waals surface area contributed by atoms with Gasteiger partial charge in [0.15, 0.2) is 10.7 Å². The van der Waals surface area contributed by atoms with E-state index in [1.165, 1.54) is 11.3 Å². The summed E-state index contributed by atoms with van der Waals surface area (Å²) in [6, 6.07) is 7.67. The van der Waals surface area contributed by atoms with Crippen LogP contribution in [-0.2, 0) is 4.74 Å². The minimum absolute atomic E-state index is 0.325. The minimum Gasteiger partial charge on any atom is -0.461 e. The molecule has 0 amide bonds. The highest BCUT2D eigenvalue weighted by Gasteiger charge is 2.14. The van der Waals surface area contributed by atoms with Gasteiger partial charge in [-0.05, 0) is 13.0 Å². The highest BCUT2D eigenvalue weighted by atomic mass is 32.1. The number of esters is 1. The number of imidazole rings is 1. The number of rotatable bonds is 3. The van der Waals surface area contributed by atoms with Crippen LogP contribution in [0.1, 0.15) is 17.4 Å². The number of hydrogen-bond acceptors (Lipinski definition) is 5. The van der Waals surface area contributed by atoms with E-state index in [1.54, 1.807) is 13.1 Å². The third kappa shape index (κ3) is 2.14. The van der Waals surface area contributed by atoms with E-state index in [2.05, 4.69) is 4.98 Å². The Bertz CT molecular complexity index is 744. The molecule has 5 nitrogen and oxygen atoms in total. The van der Waals surface area contributed by atoms with Crippen molar-refractivity contribution in [1.29, 1.82) is 0 Å². The molecule has 6 heteroatoms. The van der Waals surface area contributed by atoms with Gasteiger partial charge in [0.05, 0.1) is 11.5 Å². The first kappa shape index (κ1) is 12.7. The molecule has 102 valence electrons. The van der Waals surface area contributed by atoms with Crippen molar-refractivity contribution in [1.82, 2.24) is 9.38 Å². The van der Waals surface area contributed by atoms with Gasteiger partial charge in [0.1, 0.15) is 0 Å². The molecule has 2 N–H and O–H groups in total. The summed E-state index contributed by atoms with van der Waals surface area (Å²) < 4.78 is 6.75. The number of benzene rings is 1. The van der Waals surface area contributed by atoms with Gasteiger partial charge in [-0.3, -0.25) is 4.40 Å². The number of ether oxygens (including phenoxy) is 1. The molecular formula is C14H13N3O2S. The SMILES string of the molecule is CCOC(=O)c1cn2cc(-c3ccccc3N)sc2n1. The standard InChI is InChI=1S/C14H13N3O2S/c1-2-19-13(18)11-7-17-8-12(20-14(17)16-11)9-5-3-4-6-10(9)15/h3-8H,2,15H2,1H3. The van der Waals surface area contributed by atoms with Crippen LogP contribution in [0, 0.1) is 0 Å². The van der Waals surface area contributed by atoms with Crippen LogP contribution in [0.2, 0.25) is 0 Å². The number of thiazole rings is 1. The summed E-state index contributed by atoms with van der Waals surface area (Å²) in [4.78, 5) is 17.6. The normalized spacial score (nSPS) is 10.8. The van der Waals surface area contributed by atoms with E-state index in [0.29, 0.717) is 12.3 Å². The zero-order valence-corrected chi connectivity index (χ0v) is 11.7. The molecule has 0 saturated heterocycles. The molecule has 0 aliphatic rings. The van der Waals surface area contributed by atoms with Crippen molar-refractivity contribution in [3.63, 3.8) is 0 Å². The maximum absolute atomic E-state index is 11.6. The van der Waals surface area contributed by atoms with E-state index >= 15 is 0 Å². The highest BCUT2D eigenvalue weighted by molar-refractivity contribution is 7.20. The lowest BCUT2D eigenvalue weighted by atomic mass is 10.1. The molecule has 0 radical (unpaired) electrons. The van der Waals surface area contributed by atoms with E-state index in [0.717, 1.165) is 21.1 Å². The Morgan fingerprint density at radius 1 is 1.40 bits per heavy atom. The summed E-state index contributed by atoms with van der Waals surface area (Å²) in [5.74, 6) is -0.399. The van der Waals surface area contributed by atoms with Crippen molar-refractivity contribution < 1.29 is 9.53 Å². The molecule has 2 heterocycles. The second kappa shape index (κ2) is 4.97. The molecule has 0 unspecified atom stereocenters. The fourth-order valence-corrected chi connectivity index (χ4v) is 2.96. The van der Waals surface area contributed by atoms with E-state index in [1.807, 2.05) is 34.9 Å². The average molecular weight is 287 g/mol. The summed E-state index contributed by atoms with van der Waals surface area (Å²) in [7, 11) is 0. The molecule has 0 bridgehead atoms. The smallest absolute Gasteiger partial charge is 0.358 e. The molecule has 0 aliphatic carbocycles. The third-order valence-corrected chi connectivity index (χ3v) is 3.90. The van der Waals surface area contributed by atoms with Crippen LogP contribution in [0.25, 0.3) is 15.4 Å². The molecule has 3 rings (SSSR count). The Morgan fingerprint density at radius 2 is 2.20 bits per heavy atom. The number of aromatic nitrogens is 2. The average Bonchev–Trinajstić information content (AvgIpc) is 2.97. The predicted octanol–water partition coefficient (Wildman–Crippen LogP) is 2.82. The zero-order valence-electron chi connectivity index (χ0n) is 10.9. The number of carbonyl (C=O) groups is 1. The second-order valence-corrected chi connectivity index (χ2v) is 5.23. The van der Waals surface area contributed by atoms with Crippen molar-refractivity contribution >= 4 is 28.0 Å². The fourth-order valence-electron chi connectivity index (χ4n) is 1.94. The van der Waals surface area contributed by atoms with Crippen molar-refractivity contribution in [2.24, 2.45) is 0 Å². The lowest BCUT2D eigenvalue weighted by molar-refractivity contribution is 0.0520. The van der Waals surface area contributed by atoms with Gasteiger partial charge in [-0.25, -0.2) is 9.78 Å². The Labute approximate surface area is 119 Å². The molecule has 0 fully saturated rings. The first-order valence-corrected chi connectivity index (χ1v) is 7.01. The Kier molecular flexibility index (Phi) is 3.15. The third-order valence-electron chi connectivity index (χ3n) is 2.87. The largest absolute Gasteiger partial charge is 0.461 e. The van der Waals surface area contributed by atoms with Gasteiger partial charge in [-0.1, -0.05) is 29.5 Å². The van der Waals surface area contributed by atoms with Crippen LogP contribution < -0.4 is 5.73 Å². The number of para-hydroxylation sites is 1. The number of fused-ring (bicyclic) bond motifs is 1. The Morgan fingerprint density at radius 3 is 2.90 bits per heavy atom. The van der Waals surface area contributed by atoms with Crippen LogP contribution >= 0.6 is 11.3 Å². The molecule has 2 aromatic heterocycles. The van der Waals surface area contributed by atoms with Crippen LogP contribution in [0.5, 0.6) is 0 Å². The minimum atomic E-state index is -0.399. The predicted molar refractivity (Wildman–Crippen MR) is 78.9 cm³/mol. The van der Waals surface area contributed by atoms with E-state index < -0.39 is 5.97 Å². The molecule has 3 aromatic rings. The van der Waals surface area contributed by atoms with Crippen LogP contribution in [0.15, 0.2) is 36.7 Å². The van der Waals surface area contributed by atoms with Crippen molar-refractivity contribution in [2.75, 3.05) is 12.3 Å². The highest BCUT2D eigenvalue weighted by Crippen LogP contribution is 2.32. The second-order valence-electron chi connectivity index (χ2n) is 4.22. The first-order valence-electron chi connectivity index (χ1n) is 6.19. The van der Waals surface area contributed by atoms with Gasteiger partial charge < -0.3 is 10.5 Å². The molecule has 0 spiro atoms. The number of nitrogens with two attached hydrogens (primary N) is 1. The maximum Gasteiger partial charge on any atom is 0.358 e. The molecule has 0 aliphatic heterocycles. The zero-order chi connectivity index (χ0) is 14.1. The molecule has 0 atom stereocenters. The quantitative estimate of drug-likeness (QED) is 0.594. The number of hydrogen-bond donors (Lipinski definition) is 1. The van der Waals surface area contributed by atoms with Crippen molar-refractivity contribution in [2.45, 2.75) is 6.92 Å². The number of nitrogens with zero attached hydrogens (tertiary/aromatic N) is 2. The van der Waals surface area contributed by atoms with E-state index in [4.69, 9.17) is 10.5 Å². The topological polar surface area (TPSA) is 69.6 Å². The molecule has 20 heavy (non-hydrogen) atoms. The van der Waals surface area contributed by atoms with Gasteiger partial charge in [-0.2, -0.15) is 0 Å². The summed E-state index contributed by atoms with van der Waals surface area (Å²) in [5, 5.41) is 0. The van der Waals surface area contributed by atoms with Crippen LogP contribution in [0.4, 0.5) is 5.69 Å². The monoisotopic (exact) mass is 287 g/mol. The number of nitrogen functional groups attached to an aromatic ring is 1. The number of anilines is 1. The van der Waals surface area contributed by atoms with Gasteiger partial charge in [0.2, 0.25) is 0 Å². The Hall–Kier alpha value is -2.34. The van der Waals surface area contributed by atoms with Gasteiger partial charge in [0.25, 0.3) is 0 Å². The summed E-state index contributed by atoms with van der Waals surface area (Å²) in [6.45, 7) is 2.11. The molecule has 1 aromatic carbocycles. The first-order chi connectivity index (χ1) is 9.69. The molecular weight excluding hydrogens is 274 g/mol. The Balaban J connectivity index is 1.99. The van der Waals surface area contributed by atoms with Crippen LogP contribution in [-0.4, -0.2) is 22.0 Å². The molecule has 0 saturated carbocycles. The summed E-state index contributed by atoms with van der Waals surface area (Å²) in [5.41, 5.74) is 7.99. The lowest BCUT2D eigenvalue weighted by Gasteiger charge is -2.00. The van der Waals surface area contributed by atoms with E-state index in [-0.39, 0.29) is 0 Å². The summed E-state index contributed by atoms with van der Waals surface area (Å²) in [6.07, 6.45) is 3.59. The lowest BCUT2D eigenvalue weighted by Crippen LogP contribution is -2.04. The van der Waals surface area contributed by atoms with E-state index in [9.17, 15) is 4.79 Å². The van der Waals surface area contributed by atoms with Gasteiger partial charge >= 0.3 is 5.97 Å². The maximum atomic E-state index is 11.6. The van der Waals surface area contributed by atoms with Gasteiger partial charge in [0, 0.05) is 23.6 Å². The summed E-state index contributed by atoms with van der Waals surface area (Å²) >= 11 is 1.48. The van der Waals surface area contributed by atoms with Crippen molar-refractivity contribution in [3.8, 4) is 10.4 Å². The van der Waals surface area contributed by atoms with Crippen molar-refractivity contribution in [3.05, 3.63) is 42.4 Å². The fraction of sp³-hybridized carbons (Fsp3) is 0.143. The van der Waals surface area contributed by atoms with Crippen LogP contribution in [0.3, 0.4) is 0 Å².